The van der Waals surface area contributed by atoms with E-state index in [1.165, 1.54) is 0 Å². The molecule has 12 aromatic carbocycles. The lowest BCUT2D eigenvalue weighted by Gasteiger charge is -2.35. The van der Waals surface area contributed by atoms with Gasteiger partial charge in [-0.05, 0) is 109 Å². The van der Waals surface area contributed by atoms with Gasteiger partial charge < -0.3 is 19.6 Å². The van der Waals surface area contributed by atoms with Gasteiger partial charge in [-0.2, -0.15) is 0 Å². The summed E-state index contributed by atoms with van der Waals surface area (Å²) in [5, 5.41) is 13.9. The van der Waals surface area contributed by atoms with E-state index < -0.39 is 0 Å². The van der Waals surface area contributed by atoms with Crippen LogP contribution in [-0.4, -0.2) is 39.9 Å². The molecule has 0 atom stereocenters. The minimum Gasteiger partial charge on any atom is -0.305 e. The molecule has 0 N–H and O–H groups in total. The van der Waals surface area contributed by atoms with Gasteiger partial charge in [-0.15, -0.1) is 0 Å². The van der Waals surface area contributed by atoms with Crippen molar-refractivity contribution in [2.24, 2.45) is 0 Å². The molecule has 0 radical (unpaired) electrons. The predicted molar refractivity (Wildman–Crippen MR) is 411 cm³/mol. The molecule has 0 spiro atoms. The van der Waals surface area contributed by atoms with Crippen molar-refractivity contribution in [1.82, 2.24) is 39.9 Å². The smallest absolute Gasteiger partial charge is 0.0942 e. The summed E-state index contributed by atoms with van der Waals surface area (Å²) < 4.78 is 0. The topological polar surface area (TPSA) is 116 Å². The molecule has 0 saturated carbocycles. The SMILES string of the molecule is c1cnc2c(N(c3cc(N(c4cccc5cccnc45)c4cccc5cccnc45)c4ccc5c(N(c6cccc7cccnc67)c6cccc7cccnc67)cc(N(c6cccc7cccnc67)c6cccc7cccnc67)c6ccc3c4c65)c3cccc4cccnc34)cccc2c1. The maximum absolute atomic E-state index is 5.26. The van der Waals surface area contributed by atoms with E-state index in [0.717, 1.165) is 188 Å². The summed E-state index contributed by atoms with van der Waals surface area (Å²) in [6.45, 7) is 0. The normalized spacial score (nSPS) is 11.8. The third-order valence-corrected chi connectivity index (χ3v) is 19.6. The zero-order chi connectivity index (χ0) is 65.8. The van der Waals surface area contributed by atoms with Crippen molar-refractivity contribution in [3.63, 3.8) is 0 Å². The molecule has 0 bridgehead atoms. The summed E-state index contributed by atoms with van der Waals surface area (Å²) in [6.07, 6.45) is 15.1. The molecular formula is C88H54N12. The van der Waals surface area contributed by atoms with E-state index in [4.69, 9.17) is 39.9 Å². The van der Waals surface area contributed by atoms with Crippen LogP contribution in [0.4, 0.5) is 68.2 Å². The second-order valence-electron chi connectivity index (χ2n) is 25.1. The van der Waals surface area contributed by atoms with Crippen molar-refractivity contribution in [2.45, 2.75) is 0 Å². The van der Waals surface area contributed by atoms with Crippen LogP contribution in [0.15, 0.2) is 329 Å². The quantitative estimate of drug-likeness (QED) is 0.108. The van der Waals surface area contributed by atoms with Crippen molar-refractivity contribution in [3.8, 4) is 0 Å². The fourth-order valence-corrected chi connectivity index (χ4v) is 15.4. The van der Waals surface area contributed by atoms with Gasteiger partial charge in [-0.25, -0.2) is 0 Å². The number of aromatic nitrogens is 8. The Kier molecular flexibility index (Phi) is 13.0. The molecule has 466 valence electrons. The monoisotopic (exact) mass is 1280 g/mol. The zero-order valence-electron chi connectivity index (χ0n) is 53.5. The minimum atomic E-state index is 0.828. The summed E-state index contributed by atoms with van der Waals surface area (Å²) in [4.78, 5) is 51.7. The van der Waals surface area contributed by atoms with Gasteiger partial charge in [0.05, 0.1) is 112 Å². The maximum Gasteiger partial charge on any atom is 0.0942 e. The van der Waals surface area contributed by atoms with Gasteiger partial charge in [0.15, 0.2) is 0 Å². The van der Waals surface area contributed by atoms with E-state index in [1.807, 2.05) is 98.1 Å². The number of fused-ring (bicyclic) bond motifs is 8. The van der Waals surface area contributed by atoms with Crippen LogP contribution in [0.25, 0.3) is 120 Å². The van der Waals surface area contributed by atoms with Gasteiger partial charge in [0.1, 0.15) is 0 Å². The van der Waals surface area contributed by atoms with Gasteiger partial charge >= 0.3 is 0 Å². The summed E-state index contributed by atoms with van der Waals surface area (Å²) in [5.41, 5.74) is 17.2. The summed E-state index contributed by atoms with van der Waals surface area (Å²) >= 11 is 0. The number of para-hydroxylation sites is 8. The number of benzene rings is 12. The number of rotatable bonds is 12. The number of hydrogen-bond donors (Lipinski definition) is 0. The van der Waals surface area contributed by atoms with Crippen LogP contribution in [-0.2, 0) is 0 Å². The molecule has 0 saturated heterocycles. The van der Waals surface area contributed by atoms with Crippen LogP contribution in [0.2, 0.25) is 0 Å². The highest BCUT2D eigenvalue weighted by Crippen LogP contribution is 2.58. The zero-order valence-corrected chi connectivity index (χ0v) is 53.5. The molecule has 20 aromatic rings. The Balaban J connectivity index is 1.03. The molecule has 0 aliphatic rings. The van der Waals surface area contributed by atoms with Crippen molar-refractivity contribution < 1.29 is 0 Å². The van der Waals surface area contributed by atoms with Crippen LogP contribution < -0.4 is 19.6 Å². The molecule has 0 unspecified atom stereocenters. The Labute approximate surface area is 572 Å². The average molecular weight is 1280 g/mol. The van der Waals surface area contributed by atoms with E-state index in [9.17, 15) is 0 Å². The fourth-order valence-electron chi connectivity index (χ4n) is 15.4. The van der Waals surface area contributed by atoms with Gasteiger partial charge in [-0.1, -0.05) is 170 Å². The molecular weight excluding hydrogens is 1230 g/mol. The number of nitrogens with zero attached hydrogens (tertiary/aromatic N) is 12. The third kappa shape index (κ3) is 8.87. The molecule has 0 amide bonds. The highest BCUT2D eigenvalue weighted by molar-refractivity contribution is 6.34. The van der Waals surface area contributed by atoms with Crippen LogP contribution in [0, 0.1) is 0 Å². The number of anilines is 12. The van der Waals surface area contributed by atoms with Crippen molar-refractivity contribution >= 4 is 188 Å². The van der Waals surface area contributed by atoms with Gasteiger partial charge in [0, 0.05) is 125 Å². The van der Waals surface area contributed by atoms with E-state index in [2.05, 4.69) is 250 Å². The Morgan fingerprint density at radius 1 is 0.150 bits per heavy atom. The molecule has 0 aliphatic heterocycles. The van der Waals surface area contributed by atoms with Crippen molar-refractivity contribution in [2.75, 3.05) is 19.6 Å². The van der Waals surface area contributed by atoms with Crippen molar-refractivity contribution in [1.29, 1.82) is 0 Å². The fraction of sp³-hybridized carbons (Fsp3) is 0. The lowest BCUT2D eigenvalue weighted by molar-refractivity contribution is 1.26. The molecule has 0 fully saturated rings. The number of hydrogen-bond acceptors (Lipinski definition) is 12. The van der Waals surface area contributed by atoms with Crippen LogP contribution >= 0.6 is 0 Å². The molecule has 8 heterocycles. The Hall–Kier alpha value is -13.8. The predicted octanol–water partition coefficient (Wildman–Crippen LogP) is 22.8. The standard InChI is InChI=1S/C88H54N12/c1-17-55-25-9-45-89-81(55)67(33-1)97(68-34-2-18-56-26-10-46-90-82(56)68)75-53-76(98(69-35-3-19-57-27-11-47-91-83(57)69)70-36-4-20-58-28-12-48-92-84(58)70)64-43-44-66-78(100(73-39-7-23-61-31-15-51-95-87(61)73)74-40-8-24-62-32-16-52-96-88(62)74)54-77(65-42-41-63(75)79(64)80(65)66)99(71-37-5-21-59-29-13-49-93-85(59)71)72-38-6-22-60-30-14-50-94-86(60)72/h1-54H. The first-order valence-electron chi connectivity index (χ1n) is 33.4. The molecule has 8 aromatic heterocycles. The first-order valence-corrected chi connectivity index (χ1v) is 33.4. The lowest BCUT2D eigenvalue weighted by atomic mass is 9.88. The molecule has 12 nitrogen and oxygen atoms in total. The summed E-state index contributed by atoms with van der Waals surface area (Å²) in [5.74, 6) is 0. The van der Waals surface area contributed by atoms with E-state index in [-0.39, 0.29) is 0 Å². The second-order valence-corrected chi connectivity index (χ2v) is 25.1. The second kappa shape index (κ2) is 22.9. The third-order valence-electron chi connectivity index (χ3n) is 19.6. The Morgan fingerprint density at radius 3 is 0.460 bits per heavy atom. The largest absolute Gasteiger partial charge is 0.305 e. The minimum absolute atomic E-state index is 0.828. The molecule has 12 heteroatoms. The van der Waals surface area contributed by atoms with E-state index in [0.29, 0.717) is 0 Å². The van der Waals surface area contributed by atoms with Crippen LogP contribution in [0.3, 0.4) is 0 Å². The van der Waals surface area contributed by atoms with Gasteiger partial charge in [0.2, 0.25) is 0 Å². The van der Waals surface area contributed by atoms with Crippen LogP contribution in [0.1, 0.15) is 0 Å². The molecule has 100 heavy (non-hydrogen) atoms. The first-order chi connectivity index (χ1) is 49.7. The first kappa shape index (κ1) is 56.5. The van der Waals surface area contributed by atoms with E-state index in [1.54, 1.807) is 0 Å². The maximum atomic E-state index is 5.26. The Bertz CT molecular complexity index is 5540. The Morgan fingerprint density at radius 2 is 0.300 bits per heavy atom. The van der Waals surface area contributed by atoms with Crippen molar-refractivity contribution in [3.05, 3.63) is 329 Å². The van der Waals surface area contributed by atoms with Crippen LogP contribution in [0.5, 0.6) is 0 Å². The van der Waals surface area contributed by atoms with E-state index >= 15 is 0 Å². The average Bonchev–Trinajstić information content (AvgIpc) is 0.695. The number of pyridine rings is 8. The highest BCUT2D eigenvalue weighted by Gasteiger charge is 2.33. The molecule has 0 aliphatic carbocycles. The van der Waals surface area contributed by atoms with Gasteiger partial charge in [-0.3, -0.25) is 39.9 Å². The summed E-state index contributed by atoms with van der Waals surface area (Å²) in [6, 6.07) is 98.9. The lowest BCUT2D eigenvalue weighted by Crippen LogP contribution is -2.17. The molecule has 20 rings (SSSR count). The summed E-state index contributed by atoms with van der Waals surface area (Å²) in [7, 11) is 0. The highest BCUT2D eigenvalue weighted by atomic mass is 15.2. The van der Waals surface area contributed by atoms with Gasteiger partial charge in [0.25, 0.3) is 0 Å².